The number of aromatic carboxylic acids is 1. The number of carbonyl (C=O) groups is 1. The number of nitrogens with zero attached hydrogens (tertiary/aromatic N) is 1. The van der Waals surface area contributed by atoms with E-state index in [4.69, 9.17) is 5.11 Å². The molecule has 1 aromatic heterocycles. The average molecular weight is 311 g/mol. The minimum absolute atomic E-state index is 0.0626. The van der Waals surface area contributed by atoms with E-state index in [0.717, 1.165) is 11.8 Å². The Balaban J connectivity index is 2.75. The number of rotatable bonds is 5. The van der Waals surface area contributed by atoms with Gasteiger partial charge in [-0.1, -0.05) is 11.8 Å². The van der Waals surface area contributed by atoms with Gasteiger partial charge in [0.15, 0.2) is 0 Å². The molecule has 0 fully saturated rings. The van der Waals surface area contributed by atoms with E-state index in [9.17, 15) is 18.0 Å². The molecule has 0 unspecified atom stereocenters. The first kappa shape index (κ1) is 16.2. The Morgan fingerprint density at radius 1 is 1.37 bits per heavy atom. The van der Waals surface area contributed by atoms with Crippen LogP contribution in [0.1, 0.15) is 21.6 Å². The van der Waals surface area contributed by atoms with Gasteiger partial charge < -0.3 is 5.11 Å². The molecule has 0 spiro atoms. The first-order chi connectivity index (χ1) is 8.70. The van der Waals surface area contributed by atoms with Crippen molar-refractivity contribution in [1.82, 2.24) is 4.98 Å². The van der Waals surface area contributed by atoms with Crippen LogP contribution < -0.4 is 0 Å². The number of carboxylic acids is 1. The molecule has 3 nitrogen and oxygen atoms in total. The van der Waals surface area contributed by atoms with Crippen molar-refractivity contribution in [3.8, 4) is 0 Å². The van der Waals surface area contributed by atoms with Crippen LogP contribution in [0.25, 0.3) is 0 Å². The second kappa shape index (κ2) is 6.51. The SMILES string of the molecule is Cc1cc(C)c(C(=O)O)c(SCCSC(F)(F)F)n1. The minimum atomic E-state index is -4.26. The topological polar surface area (TPSA) is 50.2 Å². The highest BCUT2D eigenvalue weighted by molar-refractivity contribution is 8.03. The molecular weight excluding hydrogens is 299 g/mol. The predicted molar refractivity (Wildman–Crippen MR) is 69.9 cm³/mol. The van der Waals surface area contributed by atoms with Gasteiger partial charge in [-0.2, -0.15) is 13.2 Å². The average Bonchev–Trinajstić information content (AvgIpc) is 2.21. The third-order valence-corrected chi connectivity index (χ3v) is 4.08. The number of hydrogen-bond acceptors (Lipinski definition) is 4. The van der Waals surface area contributed by atoms with Gasteiger partial charge in [-0.3, -0.25) is 0 Å². The zero-order chi connectivity index (χ0) is 14.6. The minimum Gasteiger partial charge on any atom is -0.478 e. The molecule has 1 aromatic rings. The van der Waals surface area contributed by atoms with Crippen LogP contribution in [0.2, 0.25) is 0 Å². The quantitative estimate of drug-likeness (QED) is 0.663. The lowest BCUT2D eigenvalue weighted by molar-refractivity contribution is -0.0326. The summed E-state index contributed by atoms with van der Waals surface area (Å²) in [6, 6.07) is 1.64. The molecule has 0 amide bonds. The van der Waals surface area contributed by atoms with Crippen LogP contribution >= 0.6 is 23.5 Å². The number of alkyl halides is 3. The fourth-order valence-electron chi connectivity index (χ4n) is 1.46. The first-order valence-corrected chi connectivity index (χ1v) is 7.23. The third-order valence-electron chi connectivity index (χ3n) is 2.11. The summed E-state index contributed by atoms with van der Waals surface area (Å²) >= 11 is 0.911. The fourth-order valence-corrected chi connectivity index (χ4v) is 3.16. The molecule has 106 valence electrons. The maximum Gasteiger partial charge on any atom is 0.441 e. The van der Waals surface area contributed by atoms with Crippen molar-refractivity contribution in [3.63, 3.8) is 0 Å². The normalized spacial score (nSPS) is 11.6. The predicted octanol–water partition coefficient (Wildman–Crippen LogP) is 3.74. The van der Waals surface area contributed by atoms with Gasteiger partial charge in [0.2, 0.25) is 0 Å². The number of thioether (sulfide) groups is 2. The van der Waals surface area contributed by atoms with Crippen molar-refractivity contribution >= 4 is 29.5 Å². The maximum atomic E-state index is 12.0. The summed E-state index contributed by atoms with van der Waals surface area (Å²) in [4.78, 5) is 15.2. The third kappa shape index (κ3) is 5.32. The first-order valence-electron chi connectivity index (χ1n) is 5.25. The molecule has 0 saturated heterocycles. The molecular formula is C11H12F3NO2S2. The smallest absolute Gasteiger partial charge is 0.441 e. The van der Waals surface area contributed by atoms with Gasteiger partial charge in [-0.25, -0.2) is 9.78 Å². The van der Waals surface area contributed by atoms with E-state index >= 15 is 0 Å². The van der Waals surface area contributed by atoms with Crippen LogP contribution in [0.5, 0.6) is 0 Å². The molecule has 0 aliphatic rings. The number of pyridine rings is 1. The lowest BCUT2D eigenvalue weighted by Gasteiger charge is -2.09. The van der Waals surface area contributed by atoms with Crippen molar-refractivity contribution in [3.05, 3.63) is 22.9 Å². The lowest BCUT2D eigenvalue weighted by Crippen LogP contribution is -2.07. The van der Waals surface area contributed by atoms with E-state index in [1.807, 2.05) is 0 Å². The summed E-state index contributed by atoms with van der Waals surface area (Å²) < 4.78 is 35.9. The molecule has 1 heterocycles. The number of halogens is 3. The number of hydrogen-bond donors (Lipinski definition) is 1. The number of aromatic nitrogens is 1. The van der Waals surface area contributed by atoms with Gasteiger partial charge in [-0.05, 0) is 25.5 Å². The van der Waals surface area contributed by atoms with Crippen molar-refractivity contribution < 1.29 is 23.1 Å². The van der Waals surface area contributed by atoms with Crippen LogP contribution in [0.15, 0.2) is 11.1 Å². The Morgan fingerprint density at radius 2 is 2.00 bits per heavy atom. The molecule has 1 rings (SSSR count). The molecule has 0 atom stereocenters. The van der Waals surface area contributed by atoms with Crippen LogP contribution in [-0.4, -0.2) is 33.1 Å². The molecule has 8 heteroatoms. The second-order valence-corrected chi connectivity index (χ2v) is 5.95. The summed E-state index contributed by atoms with van der Waals surface area (Å²) in [5, 5.41) is 9.36. The van der Waals surface area contributed by atoms with Gasteiger partial charge in [0.25, 0.3) is 0 Å². The largest absolute Gasteiger partial charge is 0.478 e. The Hall–Kier alpha value is -0.890. The van der Waals surface area contributed by atoms with E-state index in [2.05, 4.69) is 4.98 Å². The van der Waals surface area contributed by atoms with Crippen LogP contribution in [0, 0.1) is 13.8 Å². The van der Waals surface area contributed by atoms with E-state index in [-0.39, 0.29) is 33.9 Å². The Kier molecular flexibility index (Phi) is 5.54. The summed E-state index contributed by atoms with van der Waals surface area (Å²) in [6.07, 6.45) is 0. The zero-order valence-electron chi connectivity index (χ0n) is 10.2. The lowest BCUT2D eigenvalue weighted by atomic mass is 10.1. The van der Waals surface area contributed by atoms with Gasteiger partial charge in [-0.15, -0.1) is 11.8 Å². The second-order valence-electron chi connectivity index (χ2n) is 3.71. The van der Waals surface area contributed by atoms with Crippen molar-refractivity contribution in [2.45, 2.75) is 24.4 Å². The number of carboxylic acid groups (broad SMARTS) is 1. The van der Waals surface area contributed by atoms with Gasteiger partial charge >= 0.3 is 11.5 Å². The molecule has 0 radical (unpaired) electrons. The molecule has 19 heavy (non-hydrogen) atoms. The van der Waals surface area contributed by atoms with Crippen LogP contribution in [-0.2, 0) is 0 Å². The van der Waals surface area contributed by atoms with E-state index < -0.39 is 11.5 Å². The van der Waals surface area contributed by atoms with E-state index in [0.29, 0.717) is 11.3 Å². The van der Waals surface area contributed by atoms with Gasteiger partial charge in [0.05, 0.1) is 5.56 Å². The Morgan fingerprint density at radius 3 is 2.53 bits per heavy atom. The highest BCUT2D eigenvalue weighted by atomic mass is 32.2. The fraction of sp³-hybridized carbons (Fsp3) is 0.455. The standard InChI is InChI=1S/C11H12F3NO2S2/c1-6-5-7(2)15-9(8(6)10(16)17)18-3-4-19-11(12,13)14/h5H,3-4H2,1-2H3,(H,16,17). The van der Waals surface area contributed by atoms with Crippen molar-refractivity contribution in [2.24, 2.45) is 0 Å². The molecule has 0 aliphatic heterocycles. The van der Waals surface area contributed by atoms with Crippen molar-refractivity contribution in [1.29, 1.82) is 0 Å². The van der Waals surface area contributed by atoms with E-state index in [1.54, 1.807) is 19.9 Å². The maximum absolute atomic E-state index is 12.0. The summed E-state index contributed by atoms with van der Waals surface area (Å²) in [6.45, 7) is 3.36. The molecule has 1 N–H and O–H groups in total. The van der Waals surface area contributed by atoms with E-state index in [1.165, 1.54) is 0 Å². The zero-order valence-corrected chi connectivity index (χ0v) is 11.9. The highest BCUT2D eigenvalue weighted by Crippen LogP contribution is 2.32. The van der Waals surface area contributed by atoms with Crippen LogP contribution in [0.4, 0.5) is 13.2 Å². The summed E-state index contributed by atoms with van der Waals surface area (Å²) in [5.41, 5.74) is -2.99. The molecule has 0 aromatic carbocycles. The molecule has 0 bridgehead atoms. The molecule has 0 saturated carbocycles. The van der Waals surface area contributed by atoms with Crippen molar-refractivity contribution in [2.75, 3.05) is 11.5 Å². The monoisotopic (exact) mass is 311 g/mol. The number of aryl methyl sites for hydroxylation is 2. The van der Waals surface area contributed by atoms with Gasteiger partial charge in [0.1, 0.15) is 5.03 Å². The highest BCUT2D eigenvalue weighted by Gasteiger charge is 2.27. The summed E-state index contributed by atoms with van der Waals surface area (Å²) in [7, 11) is 0. The van der Waals surface area contributed by atoms with Gasteiger partial charge in [0, 0.05) is 17.2 Å². The Bertz CT molecular complexity index is 478. The summed E-state index contributed by atoms with van der Waals surface area (Å²) in [5.74, 6) is -1.10. The molecule has 0 aliphatic carbocycles. The Labute approximate surface area is 117 Å². The van der Waals surface area contributed by atoms with Crippen LogP contribution in [0.3, 0.4) is 0 Å².